The third kappa shape index (κ3) is 4.35. The maximum absolute atomic E-state index is 2.49. The van der Waals surface area contributed by atoms with E-state index in [9.17, 15) is 0 Å². The molecule has 0 fully saturated rings. The summed E-state index contributed by atoms with van der Waals surface area (Å²) in [6, 6.07) is 0. The van der Waals surface area contributed by atoms with E-state index in [2.05, 4.69) is 41.5 Å². The van der Waals surface area contributed by atoms with Gasteiger partial charge in [0.25, 0.3) is 0 Å². The van der Waals surface area contributed by atoms with Gasteiger partial charge in [0.1, 0.15) is 0 Å². The van der Waals surface area contributed by atoms with E-state index in [1.807, 2.05) is 0 Å². The van der Waals surface area contributed by atoms with Gasteiger partial charge in [0.05, 0.1) is 0 Å². The predicted molar refractivity (Wildman–Crippen MR) is 82.7 cm³/mol. The Morgan fingerprint density at radius 3 is 0.867 bits per heavy atom. The van der Waals surface area contributed by atoms with Crippen molar-refractivity contribution in [2.75, 3.05) is 0 Å². The van der Waals surface area contributed by atoms with E-state index >= 15 is 0 Å². The normalized spacial score (nSPS) is 13.2. The second-order valence-electron chi connectivity index (χ2n) is 4.81. The summed E-state index contributed by atoms with van der Waals surface area (Å²) in [5.41, 5.74) is 0. The first kappa shape index (κ1) is 16.5. The number of hydrogen-bond acceptors (Lipinski definition) is 0. The summed E-state index contributed by atoms with van der Waals surface area (Å²) in [5.74, 6) is 1.53. The predicted octanol–water partition coefficient (Wildman–Crippen LogP) is 5.68. The summed E-state index contributed by atoms with van der Waals surface area (Å²) < 4.78 is 0. The van der Waals surface area contributed by atoms with E-state index in [1.165, 1.54) is 5.80 Å². The van der Waals surface area contributed by atoms with Gasteiger partial charge < -0.3 is 0 Å². The second kappa shape index (κ2) is 7.77. The Balaban J connectivity index is 4.74. The first-order valence-electron chi connectivity index (χ1n) is 6.86. The van der Waals surface area contributed by atoms with Gasteiger partial charge in [-0.25, -0.2) is 0 Å². The Morgan fingerprint density at radius 2 is 0.733 bits per heavy atom. The molecule has 0 heterocycles. The molecule has 0 aliphatic heterocycles. The molecule has 3 heteroatoms. The average Bonchev–Trinajstić information content (AvgIpc) is 2.33. The van der Waals surface area contributed by atoms with Crippen LogP contribution >= 0.6 is 5.80 Å². The SMILES string of the molecule is C[CH2][Ge]([CH2]C)([CH2]C)[PH][Ge]([CH2]C)([CH2]C)[CH2]C. The van der Waals surface area contributed by atoms with Crippen molar-refractivity contribution in [1.82, 2.24) is 0 Å². The van der Waals surface area contributed by atoms with Crippen LogP contribution < -0.4 is 0 Å². The Kier molecular flexibility index (Phi) is 8.55. The molecule has 0 radical (unpaired) electrons. The van der Waals surface area contributed by atoms with E-state index in [0.717, 1.165) is 0 Å². The van der Waals surface area contributed by atoms with Gasteiger partial charge in [0.15, 0.2) is 0 Å². The topological polar surface area (TPSA) is 0 Å². The van der Waals surface area contributed by atoms with Crippen LogP contribution in [0.5, 0.6) is 0 Å². The van der Waals surface area contributed by atoms with Gasteiger partial charge >= 0.3 is 104 Å². The zero-order valence-electron chi connectivity index (χ0n) is 11.7. The van der Waals surface area contributed by atoms with Crippen LogP contribution in [0.2, 0.25) is 31.5 Å². The van der Waals surface area contributed by atoms with Crippen molar-refractivity contribution in [2.24, 2.45) is 0 Å². The van der Waals surface area contributed by atoms with E-state index in [1.54, 1.807) is 31.5 Å². The van der Waals surface area contributed by atoms with Crippen molar-refractivity contribution in [1.29, 1.82) is 0 Å². The third-order valence-electron chi connectivity index (χ3n) is 4.59. The Labute approximate surface area is 104 Å². The minimum absolute atomic E-state index is 1.34. The van der Waals surface area contributed by atoms with Gasteiger partial charge in [0.2, 0.25) is 0 Å². The summed E-state index contributed by atoms with van der Waals surface area (Å²) >= 11 is -2.68. The van der Waals surface area contributed by atoms with Crippen LogP contribution in [0, 0.1) is 0 Å². The van der Waals surface area contributed by atoms with Gasteiger partial charge in [-0.3, -0.25) is 0 Å². The molecule has 0 aromatic carbocycles. The van der Waals surface area contributed by atoms with Crippen LogP contribution in [0.4, 0.5) is 0 Å². The van der Waals surface area contributed by atoms with E-state index in [-0.39, 0.29) is 0 Å². The van der Waals surface area contributed by atoms with Gasteiger partial charge in [-0.05, 0) is 0 Å². The molecular weight excluding hydrogens is 320 g/mol. The molecule has 0 saturated carbocycles. The van der Waals surface area contributed by atoms with Crippen molar-refractivity contribution < 1.29 is 0 Å². The number of hydrogen-bond donors (Lipinski definition) is 0. The average molecular weight is 352 g/mol. The first-order valence-corrected chi connectivity index (χ1v) is 23.1. The summed E-state index contributed by atoms with van der Waals surface area (Å²) in [6.45, 7) is 15.0. The molecule has 0 atom stereocenters. The molecule has 0 aliphatic rings. The quantitative estimate of drug-likeness (QED) is 0.390. The fraction of sp³-hybridized carbons (Fsp3) is 1.00. The summed E-state index contributed by atoms with van der Waals surface area (Å²) in [5, 5.41) is 9.57. The fourth-order valence-corrected chi connectivity index (χ4v) is 96.3. The second-order valence-corrected chi connectivity index (χ2v) is 45.5. The van der Waals surface area contributed by atoms with Crippen LogP contribution in [0.15, 0.2) is 0 Å². The Bertz CT molecular complexity index is 128. The number of rotatable bonds is 8. The maximum atomic E-state index is 2.49. The molecule has 0 nitrogen and oxygen atoms in total. The summed E-state index contributed by atoms with van der Waals surface area (Å²) in [7, 11) is 0. The molecule has 0 rings (SSSR count). The van der Waals surface area contributed by atoms with Crippen molar-refractivity contribution >= 4 is 31.4 Å². The molecule has 0 aromatic heterocycles. The fourth-order valence-electron chi connectivity index (χ4n) is 2.59. The van der Waals surface area contributed by atoms with E-state index in [0.29, 0.717) is 0 Å². The third-order valence-corrected chi connectivity index (χ3v) is 75.1. The standard InChI is InChI=1S/C12H31Ge2P/c1-7-13(8-2,9-3)15-14(10-4,11-5)12-6/h15H,7-12H2,1-6H3. The van der Waals surface area contributed by atoms with Gasteiger partial charge in [0, 0.05) is 0 Å². The van der Waals surface area contributed by atoms with Crippen molar-refractivity contribution in [3.63, 3.8) is 0 Å². The van der Waals surface area contributed by atoms with E-state index < -0.39 is 25.6 Å². The van der Waals surface area contributed by atoms with Gasteiger partial charge in [-0.1, -0.05) is 0 Å². The van der Waals surface area contributed by atoms with Crippen LogP contribution in [-0.2, 0) is 0 Å². The molecule has 0 aliphatic carbocycles. The van der Waals surface area contributed by atoms with Gasteiger partial charge in [-0.2, -0.15) is 0 Å². The molecule has 0 N–H and O–H groups in total. The van der Waals surface area contributed by atoms with Crippen LogP contribution in [0.25, 0.3) is 0 Å². The van der Waals surface area contributed by atoms with Crippen molar-refractivity contribution in [3.8, 4) is 0 Å². The molecule has 0 spiro atoms. The zero-order valence-corrected chi connectivity index (χ0v) is 16.9. The monoisotopic (exact) mass is 354 g/mol. The van der Waals surface area contributed by atoms with Crippen LogP contribution in [0.1, 0.15) is 41.5 Å². The zero-order chi connectivity index (χ0) is 11.9. The Hall–Kier alpha value is 1.52. The molecule has 0 amide bonds. The molecular formula is C12H31Ge2P. The molecule has 0 bridgehead atoms. The Morgan fingerprint density at radius 1 is 0.533 bits per heavy atom. The van der Waals surface area contributed by atoms with Crippen molar-refractivity contribution in [2.45, 2.75) is 73.1 Å². The van der Waals surface area contributed by atoms with Crippen molar-refractivity contribution in [3.05, 3.63) is 0 Å². The summed E-state index contributed by atoms with van der Waals surface area (Å²) in [4.78, 5) is 0. The van der Waals surface area contributed by atoms with Crippen LogP contribution in [-0.4, -0.2) is 25.6 Å². The molecule has 0 unspecified atom stereocenters. The minimum atomic E-state index is -1.34. The molecule has 92 valence electrons. The molecule has 0 saturated heterocycles. The van der Waals surface area contributed by atoms with Crippen LogP contribution in [0.3, 0.4) is 0 Å². The van der Waals surface area contributed by atoms with E-state index in [4.69, 9.17) is 0 Å². The molecule has 15 heavy (non-hydrogen) atoms. The summed E-state index contributed by atoms with van der Waals surface area (Å²) in [6.07, 6.45) is 0. The molecule has 0 aromatic rings. The van der Waals surface area contributed by atoms with Gasteiger partial charge in [-0.15, -0.1) is 0 Å². The first-order chi connectivity index (χ1) is 7.07.